The second-order valence-corrected chi connectivity index (χ2v) is 9.66. The Morgan fingerprint density at radius 2 is 1.50 bits per heavy atom. The Hall–Kier alpha value is -5.21. The van der Waals surface area contributed by atoms with Gasteiger partial charge in [0.25, 0.3) is 5.91 Å². The van der Waals surface area contributed by atoms with E-state index >= 15 is 0 Å². The maximum atomic E-state index is 13.7. The predicted molar refractivity (Wildman–Crippen MR) is 157 cm³/mol. The van der Waals surface area contributed by atoms with Gasteiger partial charge >= 0.3 is 5.97 Å². The SMILES string of the molecule is O=C(N[C@H](C(=O)O)c1ccc(-c2ccccc2Oc2ccccc2)cc1)c1cc(Cl)ccc1Nc1ccc(F)c(F)c1. The van der Waals surface area contributed by atoms with Crippen LogP contribution < -0.4 is 15.4 Å². The first-order chi connectivity index (χ1) is 20.3. The van der Waals surface area contributed by atoms with Crippen LogP contribution in [0.5, 0.6) is 11.5 Å². The van der Waals surface area contributed by atoms with Crippen molar-refractivity contribution in [2.45, 2.75) is 6.04 Å². The Morgan fingerprint density at radius 1 is 0.786 bits per heavy atom. The summed E-state index contributed by atoms with van der Waals surface area (Å²) in [4.78, 5) is 25.5. The van der Waals surface area contributed by atoms with Crippen molar-refractivity contribution in [1.82, 2.24) is 5.32 Å². The third-order valence-electron chi connectivity index (χ3n) is 6.36. The van der Waals surface area contributed by atoms with Crippen molar-refractivity contribution < 1.29 is 28.2 Å². The lowest BCUT2D eigenvalue weighted by Gasteiger charge is -2.18. The zero-order valence-corrected chi connectivity index (χ0v) is 22.6. The van der Waals surface area contributed by atoms with Crippen molar-refractivity contribution in [3.8, 4) is 22.6 Å². The predicted octanol–water partition coefficient (Wildman–Crippen LogP) is 8.38. The highest BCUT2D eigenvalue weighted by molar-refractivity contribution is 6.31. The molecule has 0 saturated heterocycles. The van der Waals surface area contributed by atoms with Crippen LogP contribution in [0.3, 0.4) is 0 Å². The van der Waals surface area contributed by atoms with E-state index in [4.69, 9.17) is 16.3 Å². The van der Waals surface area contributed by atoms with Crippen molar-refractivity contribution >= 4 is 34.9 Å². The highest BCUT2D eigenvalue weighted by atomic mass is 35.5. The van der Waals surface area contributed by atoms with Crippen molar-refractivity contribution in [2.24, 2.45) is 0 Å². The second kappa shape index (κ2) is 12.5. The average molecular weight is 585 g/mol. The number of nitrogens with one attached hydrogen (secondary N) is 2. The number of halogens is 3. The van der Waals surface area contributed by atoms with Gasteiger partial charge in [-0.3, -0.25) is 4.79 Å². The van der Waals surface area contributed by atoms with E-state index in [1.807, 2.05) is 54.6 Å². The van der Waals surface area contributed by atoms with Gasteiger partial charge in [0.05, 0.1) is 11.3 Å². The molecule has 1 amide bonds. The lowest BCUT2D eigenvalue weighted by molar-refractivity contribution is -0.139. The van der Waals surface area contributed by atoms with E-state index in [1.54, 1.807) is 24.3 Å². The molecule has 210 valence electrons. The molecule has 5 rings (SSSR count). The topological polar surface area (TPSA) is 87.7 Å². The minimum Gasteiger partial charge on any atom is -0.479 e. The van der Waals surface area contributed by atoms with Gasteiger partial charge in [-0.25, -0.2) is 13.6 Å². The maximum absolute atomic E-state index is 13.7. The van der Waals surface area contributed by atoms with Crippen LogP contribution in [0.4, 0.5) is 20.2 Å². The highest BCUT2D eigenvalue weighted by Crippen LogP contribution is 2.34. The number of carbonyl (C=O) groups is 2. The number of carboxylic acid groups (broad SMARTS) is 1. The fourth-order valence-electron chi connectivity index (χ4n) is 4.30. The van der Waals surface area contributed by atoms with Crippen molar-refractivity contribution in [3.05, 3.63) is 143 Å². The fraction of sp³-hybridized carbons (Fsp3) is 0.0303. The molecule has 0 fully saturated rings. The molecule has 0 aliphatic carbocycles. The number of carboxylic acids is 1. The number of hydrogen-bond acceptors (Lipinski definition) is 4. The van der Waals surface area contributed by atoms with Crippen molar-refractivity contribution in [3.63, 3.8) is 0 Å². The lowest BCUT2D eigenvalue weighted by atomic mass is 9.99. The first-order valence-electron chi connectivity index (χ1n) is 12.8. The van der Waals surface area contributed by atoms with Gasteiger partial charge in [-0.1, -0.05) is 72.3 Å². The summed E-state index contributed by atoms with van der Waals surface area (Å²) in [7, 11) is 0. The summed E-state index contributed by atoms with van der Waals surface area (Å²) in [5.74, 6) is -2.79. The molecule has 0 unspecified atom stereocenters. The first-order valence-corrected chi connectivity index (χ1v) is 13.1. The first kappa shape index (κ1) is 28.3. The van der Waals surface area contributed by atoms with Crippen molar-refractivity contribution in [1.29, 1.82) is 0 Å². The van der Waals surface area contributed by atoms with Crippen LogP contribution in [0, 0.1) is 11.6 Å². The summed E-state index contributed by atoms with van der Waals surface area (Å²) in [5, 5.41) is 15.6. The molecule has 0 bridgehead atoms. The van der Waals surface area contributed by atoms with E-state index in [0.29, 0.717) is 17.1 Å². The summed E-state index contributed by atoms with van der Waals surface area (Å²) >= 11 is 6.12. The molecule has 3 N–H and O–H groups in total. The smallest absolute Gasteiger partial charge is 0.330 e. The van der Waals surface area contributed by atoms with Gasteiger partial charge in [-0.15, -0.1) is 0 Å². The van der Waals surface area contributed by atoms with Gasteiger partial charge < -0.3 is 20.5 Å². The molecule has 0 radical (unpaired) electrons. The highest BCUT2D eigenvalue weighted by Gasteiger charge is 2.24. The monoisotopic (exact) mass is 584 g/mol. The lowest BCUT2D eigenvalue weighted by Crippen LogP contribution is -2.34. The number of amides is 1. The molecule has 0 saturated carbocycles. The molecule has 5 aromatic carbocycles. The maximum Gasteiger partial charge on any atom is 0.330 e. The van der Waals surface area contributed by atoms with Crippen LogP contribution >= 0.6 is 11.6 Å². The summed E-state index contributed by atoms with van der Waals surface area (Å²) in [6.45, 7) is 0. The Kier molecular flexibility index (Phi) is 8.45. The van der Waals surface area contributed by atoms with E-state index in [9.17, 15) is 23.5 Å². The number of benzene rings is 5. The number of ether oxygens (including phenoxy) is 1. The zero-order valence-electron chi connectivity index (χ0n) is 21.9. The van der Waals surface area contributed by atoms with Crippen LogP contribution in [-0.4, -0.2) is 17.0 Å². The van der Waals surface area contributed by atoms with Crippen LogP contribution in [0.2, 0.25) is 5.02 Å². The molecule has 6 nitrogen and oxygen atoms in total. The Bertz CT molecular complexity index is 1750. The quantitative estimate of drug-likeness (QED) is 0.162. The molecule has 1 atom stereocenters. The van der Waals surface area contributed by atoms with Gasteiger partial charge in [0.2, 0.25) is 0 Å². The minimum absolute atomic E-state index is 0.0158. The molecule has 9 heteroatoms. The molecular formula is C33H23ClF2N2O4. The standard InChI is InChI=1S/C33H23ClF2N2O4/c34-22-14-17-29(37-23-15-16-27(35)28(36)19-23)26(18-22)32(39)38-31(33(40)41)21-12-10-20(11-13-21)25-8-4-5-9-30(25)42-24-6-2-1-3-7-24/h1-19,31,37H,(H,38,39)(H,40,41)/t31-/m0/s1. The molecule has 0 heterocycles. The molecule has 42 heavy (non-hydrogen) atoms. The van der Waals surface area contributed by atoms with E-state index in [1.165, 1.54) is 24.3 Å². The zero-order chi connectivity index (χ0) is 29.6. The fourth-order valence-corrected chi connectivity index (χ4v) is 4.48. The third-order valence-corrected chi connectivity index (χ3v) is 6.60. The van der Waals surface area contributed by atoms with Crippen LogP contribution in [-0.2, 0) is 4.79 Å². The van der Waals surface area contributed by atoms with Gasteiger partial charge in [-0.05, 0) is 59.7 Å². The molecule has 0 aliphatic rings. The molecule has 5 aromatic rings. The molecule has 0 aromatic heterocycles. The summed E-state index contributed by atoms with van der Waals surface area (Å²) in [6, 6.07) is 29.7. The number of rotatable bonds is 9. The summed E-state index contributed by atoms with van der Waals surface area (Å²) in [6.07, 6.45) is 0. The van der Waals surface area contributed by atoms with Crippen LogP contribution in [0.15, 0.2) is 115 Å². The second-order valence-electron chi connectivity index (χ2n) is 9.22. The van der Waals surface area contributed by atoms with Gasteiger partial charge in [0.15, 0.2) is 17.7 Å². The van der Waals surface area contributed by atoms with Crippen molar-refractivity contribution in [2.75, 3.05) is 5.32 Å². The molecular weight excluding hydrogens is 562 g/mol. The van der Waals surface area contributed by atoms with E-state index in [0.717, 1.165) is 23.3 Å². The number of carbonyl (C=O) groups excluding carboxylic acids is 1. The number of aliphatic carboxylic acids is 1. The minimum atomic E-state index is -1.39. The number of anilines is 2. The normalized spacial score (nSPS) is 11.4. The van der Waals surface area contributed by atoms with Gasteiger partial charge in [0.1, 0.15) is 11.5 Å². The molecule has 0 spiro atoms. The largest absolute Gasteiger partial charge is 0.479 e. The van der Waals surface area contributed by atoms with Crippen LogP contribution in [0.25, 0.3) is 11.1 Å². The summed E-state index contributed by atoms with van der Waals surface area (Å²) < 4.78 is 33.1. The van der Waals surface area contributed by atoms with E-state index < -0.39 is 29.6 Å². The Morgan fingerprint density at radius 3 is 2.21 bits per heavy atom. The van der Waals surface area contributed by atoms with Gasteiger partial charge in [0, 0.05) is 22.3 Å². The molecule has 0 aliphatic heterocycles. The Balaban J connectivity index is 1.38. The van der Waals surface area contributed by atoms with Crippen LogP contribution in [0.1, 0.15) is 22.0 Å². The Labute approximate surface area is 245 Å². The van der Waals surface area contributed by atoms with E-state index in [2.05, 4.69) is 10.6 Å². The van der Waals surface area contributed by atoms with E-state index in [-0.39, 0.29) is 22.0 Å². The third kappa shape index (κ3) is 6.56. The summed E-state index contributed by atoms with van der Waals surface area (Å²) in [5.41, 5.74) is 2.34. The number of hydrogen-bond donors (Lipinski definition) is 3. The average Bonchev–Trinajstić information content (AvgIpc) is 2.99. The number of para-hydroxylation sites is 2. The van der Waals surface area contributed by atoms with Gasteiger partial charge in [-0.2, -0.15) is 0 Å².